The van der Waals surface area contributed by atoms with Crippen LogP contribution in [0.5, 0.6) is 0 Å². The maximum Gasteiger partial charge on any atom is 0.418 e. The van der Waals surface area contributed by atoms with Crippen molar-refractivity contribution in [3.63, 3.8) is 0 Å². The van der Waals surface area contributed by atoms with E-state index in [0.29, 0.717) is 11.3 Å². The number of rotatable bonds is 4. The molecule has 2 aromatic rings. The van der Waals surface area contributed by atoms with E-state index in [2.05, 4.69) is 10.6 Å². The molecule has 0 radical (unpaired) electrons. The van der Waals surface area contributed by atoms with Gasteiger partial charge >= 0.3 is 6.18 Å². The number of para-hydroxylation sites is 1. The number of hydrogen-bond acceptors (Lipinski definition) is 3. The summed E-state index contributed by atoms with van der Waals surface area (Å²) in [6.45, 7) is -0.196. The first-order valence-electron chi connectivity index (χ1n) is 6.60. The third-order valence-corrected chi connectivity index (χ3v) is 2.97. The summed E-state index contributed by atoms with van der Waals surface area (Å²) in [4.78, 5) is 11.8. The molecule has 0 aromatic heterocycles. The zero-order valence-electron chi connectivity index (χ0n) is 11.8. The molecule has 7 heteroatoms. The maximum atomic E-state index is 12.8. The summed E-state index contributed by atoms with van der Waals surface area (Å²) in [6, 6.07) is 13.1. The van der Waals surface area contributed by atoms with E-state index in [1.54, 1.807) is 24.3 Å². The van der Waals surface area contributed by atoms with Crippen molar-refractivity contribution >= 4 is 17.3 Å². The standard InChI is InChI=1S/C16H12F3N3O/c17-16(18,19)13-3-1-2-4-14(13)22-15(23)10-21-12-7-5-11(9-20)6-8-12/h1-8,21H,10H2,(H,22,23). The molecule has 2 N–H and O–H groups in total. The summed E-state index contributed by atoms with van der Waals surface area (Å²) in [5.41, 5.74) is -0.124. The van der Waals surface area contributed by atoms with Crippen LogP contribution >= 0.6 is 0 Å². The molecule has 4 nitrogen and oxygen atoms in total. The van der Waals surface area contributed by atoms with Crippen molar-refractivity contribution in [3.05, 3.63) is 59.7 Å². The number of halogens is 3. The predicted octanol–water partition coefficient (Wildman–Crippen LogP) is 3.63. The van der Waals surface area contributed by atoms with Gasteiger partial charge in [-0.05, 0) is 36.4 Å². The van der Waals surface area contributed by atoms with Gasteiger partial charge in [-0.1, -0.05) is 12.1 Å². The first kappa shape index (κ1) is 16.4. The second-order valence-corrected chi connectivity index (χ2v) is 4.63. The van der Waals surface area contributed by atoms with Gasteiger partial charge in [0.15, 0.2) is 0 Å². The Morgan fingerprint density at radius 3 is 2.35 bits per heavy atom. The van der Waals surface area contributed by atoms with Crippen molar-refractivity contribution in [3.8, 4) is 6.07 Å². The van der Waals surface area contributed by atoms with Crippen molar-refractivity contribution < 1.29 is 18.0 Å². The highest BCUT2D eigenvalue weighted by molar-refractivity contribution is 5.94. The smallest absolute Gasteiger partial charge is 0.376 e. The molecule has 0 bridgehead atoms. The molecule has 0 heterocycles. The third kappa shape index (κ3) is 4.48. The van der Waals surface area contributed by atoms with Gasteiger partial charge in [-0.2, -0.15) is 18.4 Å². The lowest BCUT2D eigenvalue weighted by molar-refractivity contribution is -0.137. The molecule has 0 unspecified atom stereocenters. The Balaban J connectivity index is 1.99. The molecule has 0 fully saturated rings. The zero-order chi connectivity index (χ0) is 16.9. The van der Waals surface area contributed by atoms with Gasteiger partial charge in [-0.3, -0.25) is 4.79 Å². The lowest BCUT2D eigenvalue weighted by Gasteiger charge is -2.14. The largest absolute Gasteiger partial charge is 0.418 e. The van der Waals surface area contributed by atoms with Gasteiger partial charge in [0, 0.05) is 5.69 Å². The lowest BCUT2D eigenvalue weighted by atomic mass is 10.1. The third-order valence-electron chi connectivity index (χ3n) is 2.97. The van der Waals surface area contributed by atoms with Crippen LogP contribution in [-0.2, 0) is 11.0 Å². The second-order valence-electron chi connectivity index (χ2n) is 4.63. The Morgan fingerprint density at radius 1 is 1.09 bits per heavy atom. The van der Waals surface area contributed by atoms with E-state index in [0.717, 1.165) is 6.07 Å². The summed E-state index contributed by atoms with van der Waals surface area (Å²) >= 11 is 0. The van der Waals surface area contributed by atoms with Gasteiger partial charge < -0.3 is 10.6 Å². The zero-order valence-corrected chi connectivity index (χ0v) is 11.8. The van der Waals surface area contributed by atoms with E-state index < -0.39 is 17.6 Å². The van der Waals surface area contributed by atoms with Crippen molar-refractivity contribution in [1.29, 1.82) is 5.26 Å². The average Bonchev–Trinajstić information content (AvgIpc) is 2.53. The van der Waals surface area contributed by atoms with Crippen LogP contribution in [0, 0.1) is 11.3 Å². The number of carbonyl (C=O) groups is 1. The van der Waals surface area contributed by atoms with Crippen LogP contribution in [-0.4, -0.2) is 12.5 Å². The van der Waals surface area contributed by atoms with E-state index in [1.807, 2.05) is 6.07 Å². The SMILES string of the molecule is N#Cc1ccc(NCC(=O)Nc2ccccc2C(F)(F)F)cc1. The fourth-order valence-electron chi connectivity index (χ4n) is 1.88. The molecule has 2 rings (SSSR count). The first-order chi connectivity index (χ1) is 10.9. The minimum atomic E-state index is -4.54. The monoisotopic (exact) mass is 319 g/mol. The fourth-order valence-corrected chi connectivity index (χ4v) is 1.88. The number of nitrogens with one attached hydrogen (secondary N) is 2. The summed E-state index contributed by atoms with van der Waals surface area (Å²) in [5, 5.41) is 13.7. The predicted molar refractivity (Wildman–Crippen MR) is 79.7 cm³/mol. The topological polar surface area (TPSA) is 64.9 Å². The maximum absolute atomic E-state index is 12.8. The normalized spacial score (nSPS) is 10.7. The highest BCUT2D eigenvalue weighted by atomic mass is 19.4. The number of benzene rings is 2. The number of alkyl halides is 3. The van der Waals surface area contributed by atoms with Gasteiger partial charge in [-0.25, -0.2) is 0 Å². The quantitative estimate of drug-likeness (QED) is 0.904. The Hall–Kier alpha value is -3.01. The van der Waals surface area contributed by atoms with E-state index in [9.17, 15) is 18.0 Å². The van der Waals surface area contributed by atoms with Gasteiger partial charge in [-0.15, -0.1) is 0 Å². The number of carbonyl (C=O) groups excluding carboxylic acids is 1. The molecule has 0 aliphatic heterocycles. The molecule has 0 saturated carbocycles. The van der Waals surface area contributed by atoms with Crippen LogP contribution in [0.15, 0.2) is 48.5 Å². The van der Waals surface area contributed by atoms with Crippen LogP contribution in [0.2, 0.25) is 0 Å². The van der Waals surface area contributed by atoms with E-state index >= 15 is 0 Å². The van der Waals surface area contributed by atoms with Gasteiger partial charge in [0.25, 0.3) is 0 Å². The van der Waals surface area contributed by atoms with Crippen LogP contribution in [0.1, 0.15) is 11.1 Å². The highest BCUT2D eigenvalue weighted by Gasteiger charge is 2.33. The number of hydrogen-bond donors (Lipinski definition) is 2. The van der Waals surface area contributed by atoms with Crippen molar-refractivity contribution in [1.82, 2.24) is 0 Å². The van der Waals surface area contributed by atoms with Crippen molar-refractivity contribution in [2.45, 2.75) is 6.18 Å². The van der Waals surface area contributed by atoms with E-state index in [4.69, 9.17) is 5.26 Å². The Labute approximate surface area is 130 Å². The van der Waals surface area contributed by atoms with Gasteiger partial charge in [0.05, 0.1) is 29.4 Å². The Kier molecular flexibility index (Phi) is 4.86. The van der Waals surface area contributed by atoms with Crippen LogP contribution in [0.25, 0.3) is 0 Å². The molecule has 0 aliphatic rings. The number of anilines is 2. The average molecular weight is 319 g/mol. The van der Waals surface area contributed by atoms with Crippen LogP contribution in [0.3, 0.4) is 0 Å². The van der Waals surface area contributed by atoms with Crippen molar-refractivity contribution in [2.24, 2.45) is 0 Å². The van der Waals surface area contributed by atoms with E-state index in [-0.39, 0.29) is 12.2 Å². The fraction of sp³-hybridized carbons (Fsp3) is 0.125. The highest BCUT2D eigenvalue weighted by Crippen LogP contribution is 2.34. The summed E-state index contributed by atoms with van der Waals surface area (Å²) < 4.78 is 38.5. The Morgan fingerprint density at radius 2 is 1.74 bits per heavy atom. The Bertz CT molecular complexity index is 733. The number of amides is 1. The van der Waals surface area contributed by atoms with Gasteiger partial charge in [0.1, 0.15) is 0 Å². The molecule has 2 aromatic carbocycles. The summed E-state index contributed by atoms with van der Waals surface area (Å²) in [7, 11) is 0. The van der Waals surface area contributed by atoms with Crippen LogP contribution < -0.4 is 10.6 Å². The lowest BCUT2D eigenvalue weighted by Crippen LogP contribution is -2.23. The van der Waals surface area contributed by atoms with Crippen LogP contribution in [0.4, 0.5) is 24.5 Å². The summed E-state index contributed by atoms with van der Waals surface area (Å²) in [6.07, 6.45) is -4.54. The first-order valence-corrected chi connectivity index (χ1v) is 6.60. The molecular formula is C16H12F3N3O. The molecular weight excluding hydrogens is 307 g/mol. The van der Waals surface area contributed by atoms with Crippen molar-refractivity contribution in [2.75, 3.05) is 17.2 Å². The minimum absolute atomic E-state index is 0.196. The molecule has 0 spiro atoms. The summed E-state index contributed by atoms with van der Waals surface area (Å²) in [5.74, 6) is -0.606. The molecule has 0 aliphatic carbocycles. The van der Waals surface area contributed by atoms with Gasteiger partial charge in [0.2, 0.25) is 5.91 Å². The molecule has 1 amide bonds. The second kappa shape index (κ2) is 6.83. The minimum Gasteiger partial charge on any atom is -0.376 e. The molecule has 0 saturated heterocycles. The number of nitrogens with zero attached hydrogens (tertiary/aromatic N) is 1. The molecule has 23 heavy (non-hydrogen) atoms. The van der Waals surface area contributed by atoms with E-state index in [1.165, 1.54) is 18.2 Å². The molecule has 118 valence electrons. The number of nitriles is 1. The molecule has 0 atom stereocenters.